The minimum absolute atomic E-state index is 0.859. The topological polar surface area (TPSA) is 0 Å². The lowest BCUT2D eigenvalue weighted by Crippen LogP contribution is -2.17. The summed E-state index contributed by atoms with van der Waals surface area (Å²) < 4.78 is 0. The van der Waals surface area contributed by atoms with Crippen LogP contribution in [0.15, 0.2) is 23.3 Å². The minimum atomic E-state index is -0.859. The summed E-state index contributed by atoms with van der Waals surface area (Å²) in [5.74, 6) is 0. The van der Waals surface area contributed by atoms with Crippen molar-refractivity contribution < 1.29 is 0 Å². The van der Waals surface area contributed by atoms with Crippen molar-refractivity contribution in [3.8, 4) is 0 Å². The fourth-order valence-electron chi connectivity index (χ4n) is 0.901. The van der Waals surface area contributed by atoms with E-state index >= 15 is 0 Å². The van der Waals surface area contributed by atoms with Gasteiger partial charge in [-0.25, -0.2) is 0 Å². The van der Waals surface area contributed by atoms with Gasteiger partial charge in [0, 0.05) is 8.07 Å². The molecule has 0 aromatic rings. The molecule has 0 aliphatic heterocycles. The monoisotopic (exact) mass is 196 g/mol. The number of allylic oxidation sites excluding steroid dienone is 4. The lowest BCUT2D eigenvalue weighted by Gasteiger charge is -2.11. The Balaban J connectivity index is 3.85. The van der Waals surface area contributed by atoms with Crippen LogP contribution >= 0.6 is 0 Å². The third-order valence-electron chi connectivity index (χ3n) is 2.17. The summed E-state index contributed by atoms with van der Waals surface area (Å²) in [7, 11) is -0.859. The number of hydrogen-bond donors (Lipinski definition) is 0. The van der Waals surface area contributed by atoms with Crippen LogP contribution in [0.2, 0.25) is 25.7 Å². The molecule has 1 heteroatoms. The Morgan fingerprint density at radius 3 is 1.92 bits per heavy atom. The third-order valence-corrected chi connectivity index (χ3v) is 3.63. The van der Waals surface area contributed by atoms with Crippen LogP contribution in [0.5, 0.6) is 0 Å². The molecule has 0 amide bonds. The first kappa shape index (κ1) is 12.7. The van der Waals surface area contributed by atoms with Gasteiger partial charge in [-0.1, -0.05) is 42.9 Å². The first-order valence-corrected chi connectivity index (χ1v) is 8.81. The Kier molecular flexibility index (Phi) is 5.31. The Bertz CT molecular complexity index is 200. The molecule has 0 atom stereocenters. The predicted octanol–water partition coefficient (Wildman–Crippen LogP) is 4.63. The molecule has 0 aromatic heterocycles. The maximum atomic E-state index is 2.41. The van der Waals surface area contributed by atoms with E-state index in [0.29, 0.717) is 0 Å². The van der Waals surface area contributed by atoms with Crippen LogP contribution in [0.3, 0.4) is 0 Å². The van der Waals surface area contributed by atoms with Crippen molar-refractivity contribution in [2.75, 3.05) is 0 Å². The maximum absolute atomic E-state index is 2.41. The third kappa shape index (κ3) is 8.04. The fraction of sp³-hybridized carbons (Fsp3) is 0.667. The summed E-state index contributed by atoms with van der Waals surface area (Å²) in [6, 6.07) is 1.31. The van der Waals surface area contributed by atoms with Crippen molar-refractivity contribution in [3.63, 3.8) is 0 Å². The molecule has 13 heavy (non-hydrogen) atoms. The summed E-state index contributed by atoms with van der Waals surface area (Å²) in [4.78, 5) is 0. The van der Waals surface area contributed by atoms with E-state index in [0.717, 1.165) is 6.42 Å². The molecule has 0 fully saturated rings. The van der Waals surface area contributed by atoms with Crippen molar-refractivity contribution in [1.29, 1.82) is 0 Å². The lowest BCUT2D eigenvalue weighted by molar-refractivity contribution is 1.13. The van der Waals surface area contributed by atoms with Crippen LogP contribution in [0.1, 0.15) is 27.2 Å². The highest BCUT2D eigenvalue weighted by Crippen LogP contribution is 2.11. The average Bonchev–Trinajstić information content (AvgIpc) is 1.95. The highest BCUT2D eigenvalue weighted by Gasteiger charge is 2.08. The maximum Gasteiger partial charge on any atom is 0.0480 e. The zero-order chi connectivity index (χ0) is 10.5. The summed E-state index contributed by atoms with van der Waals surface area (Å²) in [5, 5.41) is 0. The van der Waals surface area contributed by atoms with E-state index in [1.807, 2.05) is 0 Å². The normalized spacial score (nSPS) is 12.2. The zero-order valence-electron chi connectivity index (χ0n) is 10.1. The van der Waals surface area contributed by atoms with E-state index in [1.165, 1.54) is 17.2 Å². The second-order valence-electron chi connectivity index (χ2n) is 5.22. The van der Waals surface area contributed by atoms with E-state index in [-0.39, 0.29) is 0 Å². The minimum Gasteiger partial charge on any atom is -0.0909 e. The summed E-state index contributed by atoms with van der Waals surface area (Å²) in [6.45, 7) is 13.8. The predicted molar refractivity (Wildman–Crippen MR) is 66.0 cm³/mol. The van der Waals surface area contributed by atoms with Gasteiger partial charge in [-0.2, -0.15) is 0 Å². The van der Waals surface area contributed by atoms with Gasteiger partial charge >= 0.3 is 0 Å². The number of rotatable bonds is 4. The van der Waals surface area contributed by atoms with E-state index in [1.54, 1.807) is 0 Å². The van der Waals surface area contributed by atoms with E-state index < -0.39 is 8.07 Å². The molecular weight excluding hydrogens is 172 g/mol. The molecule has 0 aliphatic carbocycles. The van der Waals surface area contributed by atoms with Gasteiger partial charge in [0.25, 0.3) is 0 Å². The summed E-state index contributed by atoms with van der Waals surface area (Å²) in [5.41, 5.74) is 2.96. The molecule has 0 bridgehead atoms. The van der Waals surface area contributed by atoms with Gasteiger partial charge in [-0.05, 0) is 33.2 Å². The Morgan fingerprint density at radius 2 is 1.54 bits per heavy atom. The van der Waals surface area contributed by atoms with Gasteiger partial charge in [0.2, 0.25) is 0 Å². The summed E-state index contributed by atoms with van der Waals surface area (Å²) in [6.07, 6.45) is 5.81. The molecule has 0 heterocycles. The molecule has 0 nitrogen and oxygen atoms in total. The highest BCUT2D eigenvalue weighted by atomic mass is 28.3. The molecule has 0 rings (SSSR count). The van der Waals surface area contributed by atoms with Crippen molar-refractivity contribution in [2.24, 2.45) is 0 Å². The molecular formula is C12H24Si. The van der Waals surface area contributed by atoms with Gasteiger partial charge in [0.15, 0.2) is 0 Å². The SMILES string of the molecule is CC(C)=C(C)C/C=C/C[Si](C)(C)C. The standard InChI is InChI=1S/C12H24Si/c1-11(2)12(3)9-7-8-10-13(4,5)6/h7-8H,9-10H2,1-6H3/b8-7+. The van der Waals surface area contributed by atoms with Crippen molar-refractivity contribution in [3.05, 3.63) is 23.3 Å². The second kappa shape index (κ2) is 5.43. The summed E-state index contributed by atoms with van der Waals surface area (Å²) >= 11 is 0. The Labute approximate surface area is 84.8 Å². The Morgan fingerprint density at radius 1 is 1.00 bits per heavy atom. The zero-order valence-corrected chi connectivity index (χ0v) is 11.1. The molecule has 0 unspecified atom stereocenters. The first-order chi connectivity index (χ1) is 5.83. The number of hydrogen-bond acceptors (Lipinski definition) is 0. The molecule has 0 N–H and O–H groups in total. The highest BCUT2D eigenvalue weighted by molar-refractivity contribution is 6.76. The van der Waals surface area contributed by atoms with Gasteiger partial charge < -0.3 is 0 Å². The van der Waals surface area contributed by atoms with E-state index in [2.05, 4.69) is 52.6 Å². The van der Waals surface area contributed by atoms with Crippen molar-refractivity contribution in [2.45, 2.75) is 52.9 Å². The van der Waals surface area contributed by atoms with Crippen LogP contribution in [-0.2, 0) is 0 Å². The van der Waals surface area contributed by atoms with E-state index in [9.17, 15) is 0 Å². The molecule has 0 aliphatic rings. The van der Waals surface area contributed by atoms with Crippen LogP contribution in [0.4, 0.5) is 0 Å². The van der Waals surface area contributed by atoms with Crippen LogP contribution in [0.25, 0.3) is 0 Å². The molecule has 0 radical (unpaired) electrons. The van der Waals surface area contributed by atoms with Crippen LogP contribution < -0.4 is 0 Å². The van der Waals surface area contributed by atoms with Gasteiger partial charge in [0.05, 0.1) is 0 Å². The van der Waals surface area contributed by atoms with Gasteiger partial charge in [0.1, 0.15) is 0 Å². The molecule has 0 saturated heterocycles. The average molecular weight is 196 g/mol. The van der Waals surface area contributed by atoms with Crippen LogP contribution in [-0.4, -0.2) is 8.07 Å². The Hall–Kier alpha value is -0.303. The smallest absolute Gasteiger partial charge is 0.0480 e. The fourth-order valence-corrected chi connectivity index (χ4v) is 1.77. The van der Waals surface area contributed by atoms with Gasteiger partial charge in [-0.3, -0.25) is 0 Å². The molecule has 76 valence electrons. The molecule has 0 spiro atoms. The lowest BCUT2D eigenvalue weighted by atomic mass is 10.1. The van der Waals surface area contributed by atoms with Gasteiger partial charge in [-0.15, -0.1) is 0 Å². The molecule has 0 aromatic carbocycles. The van der Waals surface area contributed by atoms with E-state index in [4.69, 9.17) is 0 Å². The first-order valence-electron chi connectivity index (χ1n) is 5.11. The van der Waals surface area contributed by atoms with Crippen molar-refractivity contribution in [1.82, 2.24) is 0 Å². The largest absolute Gasteiger partial charge is 0.0909 e. The second-order valence-corrected chi connectivity index (χ2v) is 10.8. The van der Waals surface area contributed by atoms with Crippen molar-refractivity contribution >= 4 is 8.07 Å². The quantitative estimate of drug-likeness (QED) is 0.454. The van der Waals surface area contributed by atoms with Crippen LogP contribution in [0, 0.1) is 0 Å². The molecule has 0 saturated carbocycles.